The Bertz CT molecular complexity index is 723. The highest BCUT2D eigenvalue weighted by atomic mass is 32.1. The predicted octanol–water partition coefficient (Wildman–Crippen LogP) is 1.75. The number of amides is 2. The van der Waals surface area contributed by atoms with Gasteiger partial charge in [0.1, 0.15) is 4.88 Å². The number of rotatable bonds is 1. The SMILES string of the molecule is Cc1cccc2c(N)c(C(=O)N3CCNC(=O)CC3)sc12. The number of nitrogens with one attached hydrogen (secondary N) is 1. The van der Waals surface area contributed by atoms with Crippen molar-refractivity contribution in [2.75, 3.05) is 25.4 Å². The average molecular weight is 303 g/mol. The molecule has 0 aliphatic carbocycles. The van der Waals surface area contributed by atoms with E-state index in [2.05, 4.69) is 5.32 Å². The van der Waals surface area contributed by atoms with Gasteiger partial charge in [0.15, 0.2) is 0 Å². The Labute approximate surface area is 126 Å². The Morgan fingerprint density at radius 3 is 2.95 bits per heavy atom. The lowest BCUT2D eigenvalue weighted by Gasteiger charge is -2.18. The van der Waals surface area contributed by atoms with Gasteiger partial charge in [-0.15, -0.1) is 11.3 Å². The summed E-state index contributed by atoms with van der Waals surface area (Å²) in [5, 5.41) is 3.71. The van der Waals surface area contributed by atoms with Crippen molar-refractivity contribution in [1.82, 2.24) is 10.2 Å². The summed E-state index contributed by atoms with van der Waals surface area (Å²) < 4.78 is 1.06. The molecule has 110 valence electrons. The topological polar surface area (TPSA) is 75.4 Å². The zero-order chi connectivity index (χ0) is 15.0. The van der Waals surface area contributed by atoms with E-state index in [1.165, 1.54) is 11.3 Å². The fourth-order valence-electron chi connectivity index (χ4n) is 2.55. The van der Waals surface area contributed by atoms with Crippen molar-refractivity contribution in [1.29, 1.82) is 0 Å². The summed E-state index contributed by atoms with van der Waals surface area (Å²) in [7, 11) is 0. The molecule has 0 atom stereocenters. The fraction of sp³-hybridized carbons (Fsp3) is 0.333. The third-order valence-corrected chi connectivity index (χ3v) is 5.09. The number of thiophene rings is 1. The molecule has 1 saturated heterocycles. The molecule has 2 heterocycles. The van der Waals surface area contributed by atoms with Gasteiger partial charge in [0.05, 0.1) is 5.69 Å². The molecule has 1 aliphatic rings. The van der Waals surface area contributed by atoms with E-state index in [9.17, 15) is 9.59 Å². The van der Waals surface area contributed by atoms with Crippen molar-refractivity contribution in [3.63, 3.8) is 0 Å². The molecule has 21 heavy (non-hydrogen) atoms. The molecule has 3 rings (SSSR count). The summed E-state index contributed by atoms with van der Waals surface area (Å²) in [5.74, 6) is -0.0879. The highest BCUT2D eigenvalue weighted by molar-refractivity contribution is 7.21. The van der Waals surface area contributed by atoms with Crippen LogP contribution >= 0.6 is 11.3 Å². The Hall–Kier alpha value is -2.08. The highest BCUT2D eigenvalue weighted by Gasteiger charge is 2.24. The Morgan fingerprint density at radius 1 is 1.38 bits per heavy atom. The average Bonchev–Trinajstić information content (AvgIpc) is 2.66. The summed E-state index contributed by atoms with van der Waals surface area (Å²) >= 11 is 1.44. The van der Waals surface area contributed by atoms with Gasteiger partial charge in [-0.2, -0.15) is 0 Å². The lowest BCUT2D eigenvalue weighted by Crippen LogP contribution is -2.34. The molecule has 0 spiro atoms. The van der Waals surface area contributed by atoms with Crippen LogP contribution in [0.25, 0.3) is 10.1 Å². The molecular weight excluding hydrogens is 286 g/mol. The zero-order valence-corrected chi connectivity index (χ0v) is 12.6. The lowest BCUT2D eigenvalue weighted by molar-refractivity contribution is -0.120. The van der Waals surface area contributed by atoms with E-state index >= 15 is 0 Å². The predicted molar refractivity (Wildman–Crippen MR) is 84.5 cm³/mol. The highest BCUT2D eigenvalue weighted by Crippen LogP contribution is 2.36. The van der Waals surface area contributed by atoms with Crippen LogP contribution in [0, 0.1) is 6.92 Å². The van der Waals surface area contributed by atoms with Crippen LogP contribution in [0.1, 0.15) is 21.7 Å². The van der Waals surface area contributed by atoms with Gasteiger partial charge in [0, 0.05) is 36.1 Å². The minimum Gasteiger partial charge on any atom is -0.397 e. The minimum atomic E-state index is -0.0791. The van der Waals surface area contributed by atoms with E-state index in [4.69, 9.17) is 5.73 Å². The molecule has 1 aromatic carbocycles. The first-order chi connectivity index (χ1) is 10.1. The van der Waals surface area contributed by atoms with E-state index in [0.717, 1.165) is 15.6 Å². The van der Waals surface area contributed by atoms with Crippen molar-refractivity contribution < 1.29 is 9.59 Å². The van der Waals surface area contributed by atoms with Crippen molar-refractivity contribution in [2.24, 2.45) is 0 Å². The second kappa shape index (κ2) is 5.37. The van der Waals surface area contributed by atoms with Crippen LogP contribution in [0.5, 0.6) is 0 Å². The van der Waals surface area contributed by atoms with E-state index in [1.54, 1.807) is 4.90 Å². The molecule has 1 fully saturated rings. The molecule has 2 amide bonds. The number of fused-ring (bicyclic) bond motifs is 1. The van der Waals surface area contributed by atoms with Crippen LogP contribution in [-0.4, -0.2) is 36.3 Å². The number of hydrogen-bond donors (Lipinski definition) is 2. The van der Waals surface area contributed by atoms with Gasteiger partial charge in [-0.05, 0) is 12.5 Å². The normalized spacial score (nSPS) is 15.9. The van der Waals surface area contributed by atoms with Crippen LogP contribution < -0.4 is 11.1 Å². The van der Waals surface area contributed by atoms with Gasteiger partial charge in [-0.25, -0.2) is 0 Å². The van der Waals surface area contributed by atoms with E-state index in [-0.39, 0.29) is 11.8 Å². The Kier molecular flexibility index (Phi) is 3.55. The number of aryl methyl sites for hydroxylation is 1. The number of hydrogen-bond acceptors (Lipinski definition) is 4. The maximum absolute atomic E-state index is 12.7. The van der Waals surface area contributed by atoms with E-state index in [0.29, 0.717) is 36.6 Å². The molecule has 0 bridgehead atoms. The second-order valence-electron chi connectivity index (χ2n) is 5.19. The van der Waals surface area contributed by atoms with Crippen molar-refractivity contribution in [3.05, 3.63) is 28.6 Å². The maximum atomic E-state index is 12.7. The van der Waals surface area contributed by atoms with Gasteiger partial charge in [-0.1, -0.05) is 18.2 Å². The quantitative estimate of drug-likeness (QED) is 0.843. The van der Waals surface area contributed by atoms with Crippen LogP contribution in [0.4, 0.5) is 5.69 Å². The zero-order valence-electron chi connectivity index (χ0n) is 11.8. The minimum absolute atomic E-state index is 0.00884. The number of carbonyl (C=O) groups is 2. The first kappa shape index (κ1) is 13.9. The second-order valence-corrected chi connectivity index (χ2v) is 6.21. The number of nitrogen functional groups attached to an aromatic ring is 1. The molecule has 0 radical (unpaired) electrons. The van der Waals surface area contributed by atoms with Crippen LogP contribution in [0.2, 0.25) is 0 Å². The number of carbonyl (C=O) groups excluding carboxylic acids is 2. The van der Waals surface area contributed by atoms with Crippen molar-refractivity contribution >= 4 is 38.9 Å². The van der Waals surface area contributed by atoms with Crippen LogP contribution in [-0.2, 0) is 4.79 Å². The number of nitrogens with zero attached hydrogens (tertiary/aromatic N) is 1. The first-order valence-corrected chi connectivity index (χ1v) is 7.73. The summed E-state index contributed by atoms with van der Waals surface area (Å²) in [6.45, 7) is 3.48. The molecular formula is C15H17N3O2S. The molecule has 0 unspecified atom stereocenters. The lowest BCUT2D eigenvalue weighted by atomic mass is 10.1. The molecule has 5 nitrogen and oxygen atoms in total. The van der Waals surface area contributed by atoms with E-state index in [1.807, 2.05) is 25.1 Å². The van der Waals surface area contributed by atoms with Crippen LogP contribution in [0.3, 0.4) is 0 Å². The number of anilines is 1. The molecule has 6 heteroatoms. The maximum Gasteiger partial charge on any atom is 0.266 e. The van der Waals surface area contributed by atoms with Gasteiger partial charge in [-0.3, -0.25) is 9.59 Å². The van der Waals surface area contributed by atoms with E-state index < -0.39 is 0 Å². The number of benzene rings is 1. The fourth-order valence-corrected chi connectivity index (χ4v) is 3.71. The van der Waals surface area contributed by atoms with Crippen molar-refractivity contribution in [3.8, 4) is 0 Å². The summed E-state index contributed by atoms with van der Waals surface area (Å²) in [6.07, 6.45) is 0.343. The van der Waals surface area contributed by atoms with Gasteiger partial charge < -0.3 is 16.0 Å². The molecule has 1 aromatic heterocycles. The summed E-state index contributed by atoms with van der Waals surface area (Å²) in [6, 6.07) is 5.91. The van der Waals surface area contributed by atoms with Gasteiger partial charge in [0.25, 0.3) is 5.91 Å². The van der Waals surface area contributed by atoms with Gasteiger partial charge in [0.2, 0.25) is 5.91 Å². The molecule has 3 N–H and O–H groups in total. The van der Waals surface area contributed by atoms with Crippen molar-refractivity contribution in [2.45, 2.75) is 13.3 Å². The largest absolute Gasteiger partial charge is 0.397 e. The molecule has 1 aliphatic heterocycles. The first-order valence-electron chi connectivity index (χ1n) is 6.91. The Morgan fingerprint density at radius 2 is 2.19 bits per heavy atom. The van der Waals surface area contributed by atoms with Gasteiger partial charge >= 0.3 is 0 Å². The molecule has 0 saturated carbocycles. The smallest absolute Gasteiger partial charge is 0.266 e. The third kappa shape index (κ3) is 2.47. The third-order valence-electron chi connectivity index (χ3n) is 3.74. The standard InChI is InChI=1S/C15H17N3O2S/c1-9-3-2-4-10-12(16)14(21-13(9)10)15(20)18-7-5-11(19)17-6-8-18/h2-4H,5-8,16H2,1H3,(H,17,19). The molecule has 2 aromatic rings. The summed E-state index contributed by atoms with van der Waals surface area (Å²) in [5.41, 5.74) is 7.83. The Balaban J connectivity index is 1.96. The van der Waals surface area contributed by atoms with Crippen LogP contribution in [0.15, 0.2) is 18.2 Å². The number of nitrogens with two attached hydrogens (primary N) is 1. The monoisotopic (exact) mass is 303 g/mol. The summed E-state index contributed by atoms with van der Waals surface area (Å²) in [4.78, 5) is 26.3.